The second-order valence-electron chi connectivity index (χ2n) is 7.85. The molecule has 2 heterocycles. The lowest BCUT2D eigenvalue weighted by molar-refractivity contribution is 0.686. The summed E-state index contributed by atoms with van der Waals surface area (Å²) in [4.78, 5) is 13.3. The molecule has 0 amide bonds. The fraction of sp³-hybridized carbons (Fsp3) is 0.0741. The van der Waals surface area contributed by atoms with E-state index in [2.05, 4.69) is 71.0 Å². The molecule has 5 aromatic rings. The number of aromatic nitrogens is 3. The van der Waals surface area contributed by atoms with E-state index >= 15 is 0 Å². The van der Waals surface area contributed by atoms with Crippen LogP contribution in [0.2, 0.25) is 0 Å². The summed E-state index contributed by atoms with van der Waals surface area (Å²) in [6.07, 6.45) is 4.83. The van der Waals surface area contributed by atoms with Gasteiger partial charge in [0.2, 0.25) is 0 Å². The molecule has 0 spiro atoms. The highest BCUT2D eigenvalue weighted by Gasteiger charge is 2.12. The van der Waals surface area contributed by atoms with Crippen molar-refractivity contribution >= 4 is 27.6 Å². The number of benzene rings is 3. The number of hydrogen-bond acceptors (Lipinski definition) is 4. The maximum absolute atomic E-state index is 12.8. The lowest BCUT2D eigenvalue weighted by Crippen LogP contribution is -2.06. The van der Waals surface area contributed by atoms with Crippen LogP contribution in [-0.4, -0.2) is 19.2 Å². The first kappa shape index (κ1) is 21.0. The number of fused-ring (bicyclic) bond motifs is 1. The number of hydrogen-bond donors (Lipinski definition) is 1. The van der Waals surface area contributed by atoms with Crippen LogP contribution in [0.25, 0.3) is 33.2 Å². The van der Waals surface area contributed by atoms with Crippen molar-refractivity contribution in [3.8, 4) is 22.4 Å². The zero-order valence-electron chi connectivity index (χ0n) is 18.3. The van der Waals surface area contributed by atoms with Crippen LogP contribution in [-0.2, 0) is 11.0 Å². The van der Waals surface area contributed by atoms with Gasteiger partial charge in [0.05, 0.1) is 10.6 Å². The third kappa shape index (κ3) is 4.25. The summed E-state index contributed by atoms with van der Waals surface area (Å²) < 4.78 is 15.7. The van der Waals surface area contributed by atoms with Gasteiger partial charge < -0.3 is 0 Å². The van der Waals surface area contributed by atoms with Crippen LogP contribution in [0.4, 0.5) is 5.82 Å². The summed E-state index contributed by atoms with van der Waals surface area (Å²) in [6.45, 7) is 4.25. The van der Waals surface area contributed by atoms with E-state index in [0.29, 0.717) is 10.7 Å². The van der Waals surface area contributed by atoms with Gasteiger partial charge >= 0.3 is 0 Å². The summed E-state index contributed by atoms with van der Waals surface area (Å²) in [5, 5.41) is 2.00. The minimum atomic E-state index is -1.43. The van der Waals surface area contributed by atoms with Gasteiger partial charge in [0, 0.05) is 23.3 Å². The second-order valence-corrected chi connectivity index (χ2v) is 9.07. The molecule has 1 atom stereocenters. The van der Waals surface area contributed by atoms with Crippen molar-refractivity contribution in [2.75, 3.05) is 4.72 Å². The quantitative estimate of drug-likeness (QED) is 0.351. The van der Waals surface area contributed by atoms with E-state index < -0.39 is 11.0 Å². The lowest BCUT2D eigenvalue weighted by atomic mass is 9.94. The maximum Gasteiger partial charge on any atom is 0.151 e. The Morgan fingerprint density at radius 1 is 0.788 bits per heavy atom. The molecule has 0 aliphatic rings. The fourth-order valence-electron chi connectivity index (χ4n) is 3.98. The molecule has 0 saturated carbocycles. The molecule has 0 aliphatic carbocycles. The molecule has 3 aromatic carbocycles. The molecule has 2 aromatic heterocycles. The molecule has 33 heavy (non-hydrogen) atoms. The highest BCUT2D eigenvalue weighted by molar-refractivity contribution is 7.86. The second kappa shape index (κ2) is 8.92. The summed E-state index contributed by atoms with van der Waals surface area (Å²) in [5.74, 6) is 0.517. The Morgan fingerprint density at radius 2 is 1.67 bits per heavy atom. The first-order valence-corrected chi connectivity index (χ1v) is 11.8. The van der Waals surface area contributed by atoms with Crippen molar-refractivity contribution in [3.63, 3.8) is 0 Å². The van der Waals surface area contributed by atoms with Gasteiger partial charge in [0.1, 0.15) is 12.1 Å². The number of pyridine rings is 1. The van der Waals surface area contributed by atoms with Gasteiger partial charge in [-0.25, -0.2) is 14.2 Å². The maximum atomic E-state index is 12.8. The number of aryl methyl sites for hydroxylation is 2. The molecule has 6 heteroatoms. The Morgan fingerprint density at radius 3 is 2.45 bits per heavy atom. The van der Waals surface area contributed by atoms with Crippen LogP contribution < -0.4 is 4.72 Å². The monoisotopic (exact) mass is 450 g/mol. The summed E-state index contributed by atoms with van der Waals surface area (Å²) in [5.41, 5.74) is 6.86. The standard InChI is InChI=1S/C27H22N4OS/c1-18-5-3-4-6-23(18)20-7-9-24(19(2)15-20)27-25-10-8-22(16-21(25)11-14-29-27)33(32)31-26-12-13-28-17-30-26/h3-17H,1-2H3,(H,28,30,31). The van der Waals surface area contributed by atoms with Crippen LogP contribution in [0.5, 0.6) is 0 Å². The first-order valence-electron chi connectivity index (χ1n) is 10.6. The Hall–Kier alpha value is -3.90. The molecule has 0 radical (unpaired) electrons. The average Bonchev–Trinajstić information content (AvgIpc) is 2.84. The Kier molecular flexibility index (Phi) is 5.67. The number of rotatable bonds is 5. The molecular formula is C27H22N4OS. The van der Waals surface area contributed by atoms with Crippen molar-refractivity contribution < 1.29 is 4.21 Å². The zero-order valence-corrected chi connectivity index (χ0v) is 19.1. The Bertz CT molecular complexity index is 1480. The number of anilines is 1. The highest BCUT2D eigenvalue weighted by Crippen LogP contribution is 2.33. The number of nitrogens with one attached hydrogen (secondary N) is 1. The molecule has 0 fully saturated rings. The minimum absolute atomic E-state index is 0.517. The van der Waals surface area contributed by atoms with E-state index in [1.54, 1.807) is 18.5 Å². The predicted molar refractivity (Wildman–Crippen MR) is 134 cm³/mol. The van der Waals surface area contributed by atoms with Crippen molar-refractivity contribution in [2.24, 2.45) is 0 Å². The van der Waals surface area contributed by atoms with Gasteiger partial charge in [-0.2, -0.15) is 0 Å². The van der Waals surface area contributed by atoms with E-state index in [1.165, 1.54) is 23.0 Å². The van der Waals surface area contributed by atoms with E-state index in [0.717, 1.165) is 27.6 Å². The summed E-state index contributed by atoms with van der Waals surface area (Å²) in [6, 6.07) is 24.3. The molecule has 0 aliphatic heterocycles. The van der Waals surface area contributed by atoms with Crippen LogP contribution in [0.1, 0.15) is 11.1 Å². The third-order valence-corrected chi connectivity index (χ3v) is 6.74. The third-order valence-electron chi connectivity index (χ3n) is 5.67. The van der Waals surface area contributed by atoms with Crippen molar-refractivity contribution in [3.05, 3.63) is 103 Å². The normalized spacial score (nSPS) is 11.9. The first-order chi connectivity index (χ1) is 16.1. The van der Waals surface area contributed by atoms with Crippen LogP contribution >= 0.6 is 0 Å². The molecule has 5 rings (SSSR count). The van der Waals surface area contributed by atoms with Gasteiger partial charge in [0.15, 0.2) is 11.0 Å². The predicted octanol–water partition coefficient (Wildman–Crippen LogP) is 6.11. The lowest BCUT2D eigenvalue weighted by Gasteiger charge is -2.13. The highest BCUT2D eigenvalue weighted by atomic mass is 32.2. The smallest absolute Gasteiger partial charge is 0.151 e. The average molecular weight is 451 g/mol. The van der Waals surface area contributed by atoms with Crippen LogP contribution in [0.15, 0.2) is 96.4 Å². The van der Waals surface area contributed by atoms with Crippen molar-refractivity contribution in [1.82, 2.24) is 15.0 Å². The molecule has 162 valence electrons. The van der Waals surface area contributed by atoms with E-state index in [1.807, 2.05) is 24.3 Å². The van der Waals surface area contributed by atoms with Crippen molar-refractivity contribution in [2.45, 2.75) is 18.7 Å². The minimum Gasteiger partial charge on any atom is -0.285 e. The SMILES string of the molecule is Cc1ccccc1-c1ccc(-c2nccc3cc(S(=O)Nc4ccncn4)ccc23)c(C)c1. The van der Waals surface area contributed by atoms with Gasteiger partial charge in [-0.05, 0) is 65.8 Å². The molecule has 0 saturated heterocycles. The van der Waals surface area contributed by atoms with Gasteiger partial charge in [-0.3, -0.25) is 9.71 Å². The number of nitrogens with zero attached hydrogens (tertiary/aromatic N) is 3. The molecular weight excluding hydrogens is 428 g/mol. The molecule has 1 N–H and O–H groups in total. The molecule has 0 bridgehead atoms. The van der Waals surface area contributed by atoms with E-state index in [9.17, 15) is 4.21 Å². The van der Waals surface area contributed by atoms with Crippen LogP contribution in [0, 0.1) is 13.8 Å². The zero-order chi connectivity index (χ0) is 22.8. The van der Waals surface area contributed by atoms with Gasteiger partial charge in [0.25, 0.3) is 0 Å². The van der Waals surface area contributed by atoms with Gasteiger partial charge in [-0.15, -0.1) is 0 Å². The fourth-order valence-corrected chi connectivity index (χ4v) is 4.84. The largest absolute Gasteiger partial charge is 0.285 e. The van der Waals surface area contributed by atoms with E-state index in [-0.39, 0.29) is 0 Å². The summed E-state index contributed by atoms with van der Waals surface area (Å²) in [7, 11) is -1.43. The molecule has 5 nitrogen and oxygen atoms in total. The van der Waals surface area contributed by atoms with E-state index in [4.69, 9.17) is 4.98 Å². The topological polar surface area (TPSA) is 67.8 Å². The van der Waals surface area contributed by atoms with Gasteiger partial charge in [-0.1, -0.05) is 48.5 Å². The summed E-state index contributed by atoms with van der Waals surface area (Å²) >= 11 is 0. The van der Waals surface area contributed by atoms with Crippen LogP contribution in [0.3, 0.4) is 0 Å². The molecule has 1 unspecified atom stereocenters. The Labute approximate surface area is 195 Å². The van der Waals surface area contributed by atoms with Crippen molar-refractivity contribution in [1.29, 1.82) is 0 Å². The Balaban J connectivity index is 1.50.